The van der Waals surface area contributed by atoms with Crippen LogP contribution in [0.5, 0.6) is 0 Å². The van der Waals surface area contributed by atoms with Gasteiger partial charge in [0.25, 0.3) is 0 Å². The van der Waals surface area contributed by atoms with Crippen LogP contribution in [-0.4, -0.2) is 40.4 Å². The van der Waals surface area contributed by atoms with E-state index >= 15 is 0 Å². The second-order valence-corrected chi connectivity index (χ2v) is 9.59. The predicted octanol–water partition coefficient (Wildman–Crippen LogP) is 5.72. The van der Waals surface area contributed by atoms with Crippen LogP contribution in [0.4, 0.5) is 0 Å². The van der Waals surface area contributed by atoms with Crippen LogP contribution in [-0.2, 0) is 6.42 Å². The van der Waals surface area contributed by atoms with E-state index in [-0.39, 0.29) is 0 Å². The molecule has 1 N–H and O–H groups in total. The summed E-state index contributed by atoms with van der Waals surface area (Å²) >= 11 is 0. The number of benzene rings is 1. The fraction of sp³-hybridized carbons (Fsp3) is 0.407. The number of hydrogen-bond donors (Lipinski definition) is 1. The Balaban J connectivity index is 1.37. The Morgan fingerprint density at radius 2 is 1.88 bits per heavy atom. The van der Waals surface area contributed by atoms with Crippen molar-refractivity contribution in [3.8, 4) is 22.5 Å². The van der Waals surface area contributed by atoms with Gasteiger partial charge in [-0.15, -0.1) is 0 Å². The highest BCUT2D eigenvalue weighted by Crippen LogP contribution is 2.41. The fourth-order valence-corrected chi connectivity index (χ4v) is 5.40. The number of aromatic nitrogens is 1. The minimum atomic E-state index is 0.444. The summed E-state index contributed by atoms with van der Waals surface area (Å²) in [4.78, 5) is 6.84. The zero-order valence-corrected chi connectivity index (χ0v) is 18.3. The Bertz CT molecular complexity index is 1150. The molecule has 1 aromatic carbocycles. The van der Waals surface area contributed by atoms with Crippen molar-refractivity contribution in [2.45, 2.75) is 44.4 Å². The zero-order valence-electron chi connectivity index (χ0n) is 18.3. The van der Waals surface area contributed by atoms with Crippen LogP contribution < -0.4 is 0 Å². The highest BCUT2D eigenvalue weighted by atomic mass is 16.4. The van der Waals surface area contributed by atoms with Crippen LogP contribution >= 0.6 is 0 Å². The van der Waals surface area contributed by atoms with Crippen molar-refractivity contribution in [3.63, 3.8) is 0 Å². The van der Waals surface area contributed by atoms with Crippen molar-refractivity contribution in [1.82, 2.24) is 9.88 Å². The van der Waals surface area contributed by atoms with E-state index in [1.165, 1.54) is 44.3 Å². The van der Waals surface area contributed by atoms with E-state index in [9.17, 15) is 5.21 Å². The van der Waals surface area contributed by atoms with Gasteiger partial charge in [0.05, 0.1) is 5.71 Å². The molecule has 1 saturated carbocycles. The second kappa shape index (κ2) is 8.21. The van der Waals surface area contributed by atoms with E-state index in [0.29, 0.717) is 5.92 Å². The van der Waals surface area contributed by atoms with Gasteiger partial charge < -0.3 is 14.5 Å². The smallest absolute Gasteiger partial charge is 0.142 e. The first kappa shape index (κ1) is 19.7. The van der Waals surface area contributed by atoms with E-state index in [1.807, 2.05) is 24.5 Å². The average molecular weight is 428 g/mol. The van der Waals surface area contributed by atoms with Crippen LogP contribution in [0.2, 0.25) is 0 Å². The lowest BCUT2D eigenvalue weighted by Gasteiger charge is -2.31. The maximum atomic E-state index is 9.28. The van der Waals surface area contributed by atoms with Crippen LogP contribution in [0.15, 0.2) is 58.4 Å². The van der Waals surface area contributed by atoms with Gasteiger partial charge in [-0.1, -0.05) is 23.4 Å². The Morgan fingerprint density at radius 3 is 2.69 bits per heavy atom. The molecule has 32 heavy (non-hydrogen) atoms. The van der Waals surface area contributed by atoms with Crippen molar-refractivity contribution in [3.05, 3.63) is 65.7 Å². The Kier molecular flexibility index (Phi) is 5.07. The third-order valence-electron chi connectivity index (χ3n) is 7.29. The quantitative estimate of drug-likeness (QED) is 0.418. The monoisotopic (exact) mass is 427 g/mol. The van der Waals surface area contributed by atoms with E-state index < -0.39 is 0 Å². The normalized spacial score (nSPS) is 22.4. The number of furan rings is 1. The van der Waals surface area contributed by atoms with E-state index in [4.69, 9.17) is 4.42 Å². The lowest BCUT2D eigenvalue weighted by Crippen LogP contribution is -2.35. The summed E-state index contributed by atoms with van der Waals surface area (Å²) in [5, 5.41) is 12.8. The van der Waals surface area contributed by atoms with Crippen molar-refractivity contribution in [2.75, 3.05) is 19.6 Å². The summed E-state index contributed by atoms with van der Waals surface area (Å²) in [6.07, 6.45) is 10.6. The van der Waals surface area contributed by atoms with Crippen molar-refractivity contribution in [2.24, 2.45) is 11.1 Å². The number of rotatable bonds is 5. The third kappa shape index (κ3) is 3.75. The van der Waals surface area contributed by atoms with Gasteiger partial charge in [0.2, 0.25) is 0 Å². The van der Waals surface area contributed by atoms with Crippen LogP contribution in [0.3, 0.4) is 0 Å². The molecule has 0 bridgehead atoms. The van der Waals surface area contributed by atoms with E-state index in [0.717, 1.165) is 64.8 Å². The largest absolute Gasteiger partial charge is 0.460 e. The molecule has 6 rings (SSSR count). The van der Waals surface area contributed by atoms with Crippen LogP contribution in [0, 0.1) is 5.92 Å². The van der Waals surface area contributed by atoms with Gasteiger partial charge in [-0.05, 0) is 80.3 Å². The molecule has 3 aliphatic rings. The summed E-state index contributed by atoms with van der Waals surface area (Å²) in [5.74, 6) is 3.40. The molecule has 1 aliphatic heterocycles. The number of nitrogens with zero attached hydrogens (tertiary/aromatic N) is 3. The molecule has 2 aliphatic carbocycles. The lowest BCUT2D eigenvalue weighted by molar-refractivity contribution is 0.190. The Hall–Kier alpha value is -2.92. The topological polar surface area (TPSA) is 61.9 Å². The minimum absolute atomic E-state index is 0.444. The first-order valence-corrected chi connectivity index (χ1v) is 11.9. The molecule has 5 heteroatoms. The summed E-state index contributed by atoms with van der Waals surface area (Å²) in [5.41, 5.74) is 6.45. The molecule has 0 spiro atoms. The first-order chi connectivity index (χ1) is 15.8. The number of likely N-dealkylation sites (tertiary alicyclic amines) is 1. The molecule has 2 fully saturated rings. The number of hydrogen-bond acceptors (Lipinski definition) is 5. The van der Waals surface area contributed by atoms with Gasteiger partial charge in [0, 0.05) is 48.1 Å². The lowest BCUT2D eigenvalue weighted by atomic mass is 9.93. The Morgan fingerprint density at radius 1 is 1.00 bits per heavy atom. The molecule has 3 aromatic rings. The van der Waals surface area contributed by atoms with Crippen molar-refractivity contribution < 1.29 is 9.62 Å². The number of oxime groups is 1. The maximum Gasteiger partial charge on any atom is 0.142 e. The molecular formula is C27H29N3O2. The maximum absolute atomic E-state index is 9.28. The highest BCUT2D eigenvalue weighted by Gasteiger charge is 2.30. The predicted molar refractivity (Wildman–Crippen MR) is 125 cm³/mol. The molecule has 164 valence electrons. The SMILES string of the molecule is O/N=C1/CCc2cc(-c3cc(C4CCCN(CC5CC5)C4)oc3-c3ccncc3)ccc21. The van der Waals surface area contributed by atoms with Crippen LogP contribution in [0.25, 0.3) is 22.5 Å². The highest BCUT2D eigenvalue weighted by molar-refractivity contribution is 6.04. The molecule has 2 aromatic heterocycles. The summed E-state index contributed by atoms with van der Waals surface area (Å²) < 4.78 is 6.61. The number of aryl methyl sites for hydroxylation is 1. The van der Waals surface area contributed by atoms with Crippen molar-refractivity contribution in [1.29, 1.82) is 0 Å². The number of piperidine rings is 1. The van der Waals surface area contributed by atoms with Crippen molar-refractivity contribution >= 4 is 5.71 Å². The standard InChI is InChI=1S/C27H29N3O2/c31-29-25-8-6-20-14-21(5-7-23(20)25)24-15-26(32-27(24)19-9-11-28-12-10-19)22-2-1-13-30(17-22)16-18-3-4-18/h5,7,9-12,14-15,18,22,31H,1-4,6,8,13,16-17H2/b29-25-. The second-order valence-electron chi connectivity index (χ2n) is 9.59. The molecule has 1 saturated heterocycles. The number of fused-ring (bicyclic) bond motifs is 1. The average Bonchev–Trinajstić information content (AvgIpc) is 3.39. The summed E-state index contributed by atoms with van der Waals surface area (Å²) in [7, 11) is 0. The zero-order chi connectivity index (χ0) is 21.5. The van der Waals surface area contributed by atoms with Gasteiger partial charge in [-0.2, -0.15) is 0 Å². The van der Waals surface area contributed by atoms with Gasteiger partial charge in [0.1, 0.15) is 11.5 Å². The van der Waals surface area contributed by atoms with E-state index in [1.54, 1.807) is 0 Å². The van der Waals surface area contributed by atoms with Gasteiger partial charge in [-0.25, -0.2) is 0 Å². The van der Waals surface area contributed by atoms with Gasteiger partial charge >= 0.3 is 0 Å². The minimum Gasteiger partial charge on any atom is -0.460 e. The fourth-order valence-electron chi connectivity index (χ4n) is 5.40. The molecule has 1 atom stereocenters. The molecule has 0 radical (unpaired) electrons. The first-order valence-electron chi connectivity index (χ1n) is 11.9. The summed E-state index contributed by atoms with van der Waals surface area (Å²) in [6.45, 7) is 3.57. The van der Waals surface area contributed by atoms with E-state index in [2.05, 4.69) is 39.3 Å². The summed E-state index contributed by atoms with van der Waals surface area (Å²) in [6, 6.07) is 12.8. The molecule has 3 heterocycles. The molecular weight excluding hydrogens is 398 g/mol. The molecule has 5 nitrogen and oxygen atoms in total. The third-order valence-corrected chi connectivity index (χ3v) is 7.29. The van der Waals surface area contributed by atoms with Crippen LogP contribution in [0.1, 0.15) is 54.9 Å². The van der Waals surface area contributed by atoms with Gasteiger partial charge in [-0.3, -0.25) is 4.98 Å². The molecule has 1 unspecified atom stereocenters. The Labute approximate surface area is 188 Å². The number of pyridine rings is 1. The molecule has 0 amide bonds. The van der Waals surface area contributed by atoms with Gasteiger partial charge in [0.15, 0.2) is 0 Å².